The number of amides is 2. The Bertz CT molecular complexity index is 397. The predicted molar refractivity (Wildman–Crippen MR) is 75.1 cm³/mol. The van der Waals surface area contributed by atoms with E-state index in [-0.39, 0.29) is 11.4 Å². The number of carbonyl (C=O) groups is 2. The maximum Gasteiger partial charge on any atom is 0.327 e. The van der Waals surface area contributed by atoms with Crippen molar-refractivity contribution < 1.29 is 14.7 Å². The van der Waals surface area contributed by atoms with Crippen molar-refractivity contribution in [2.45, 2.75) is 44.0 Å². The molecule has 1 saturated heterocycles. The number of hydrogen-bond acceptors (Lipinski definition) is 3. The highest BCUT2D eigenvalue weighted by Gasteiger charge is 2.39. The van der Waals surface area contributed by atoms with Crippen molar-refractivity contribution in [1.82, 2.24) is 10.2 Å². The zero-order valence-corrected chi connectivity index (χ0v) is 11.9. The van der Waals surface area contributed by atoms with Gasteiger partial charge in [0.05, 0.1) is 5.37 Å². The van der Waals surface area contributed by atoms with Crippen LogP contribution in [0.25, 0.3) is 0 Å². The zero-order valence-electron chi connectivity index (χ0n) is 11.1. The summed E-state index contributed by atoms with van der Waals surface area (Å²) in [6.07, 6.45) is 6.59. The van der Waals surface area contributed by atoms with Crippen molar-refractivity contribution in [3.8, 4) is 0 Å². The summed E-state index contributed by atoms with van der Waals surface area (Å²) in [6, 6.07) is -0.964. The first-order valence-electron chi connectivity index (χ1n) is 6.68. The monoisotopic (exact) mass is 284 g/mol. The molecule has 0 radical (unpaired) electrons. The van der Waals surface area contributed by atoms with Gasteiger partial charge >= 0.3 is 12.0 Å². The Hall–Kier alpha value is -1.17. The van der Waals surface area contributed by atoms with Crippen LogP contribution in [0.4, 0.5) is 4.79 Å². The highest BCUT2D eigenvalue weighted by atomic mass is 32.2. The van der Waals surface area contributed by atoms with Crippen LogP contribution in [0.15, 0.2) is 11.6 Å². The molecule has 1 aliphatic heterocycles. The van der Waals surface area contributed by atoms with E-state index in [9.17, 15) is 9.59 Å². The van der Waals surface area contributed by atoms with Crippen molar-refractivity contribution >= 4 is 23.8 Å². The summed E-state index contributed by atoms with van der Waals surface area (Å²) in [4.78, 5) is 24.6. The van der Waals surface area contributed by atoms with Gasteiger partial charge in [0, 0.05) is 12.3 Å². The standard InChI is InChI=1S/C13H20N2O3S/c1-9-15(11(8-19-9)12(16)17)13(18)14-7-6-10-4-2-3-5-10/h4,9,11H,2-3,5-8H2,1H3,(H,14,18)(H,16,17). The highest BCUT2D eigenvalue weighted by molar-refractivity contribution is 8.00. The molecule has 0 aromatic rings. The van der Waals surface area contributed by atoms with E-state index in [1.807, 2.05) is 6.92 Å². The number of rotatable bonds is 4. The molecule has 6 heteroatoms. The average Bonchev–Trinajstić information content (AvgIpc) is 2.98. The third-order valence-corrected chi connectivity index (χ3v) is 4.82. The zero-order chi connectivity index (χ0) is 13.8. The Balaban J connectivity index is 1.82. The Kier molecular flexibility index (Phi) is 4.74. The van der Waals surface area contributed by atoms with Gasteiger partial charge < -0.3 is 10.4 Å². The molecule has 0 saturated carbocycles. The van der Waals surface area contributed by atoms with Gasteiger partial charge in [-0.2, -0.15) is 0 Å². The van der Waals surface area contributed by atoms with E-state index in [1.165, 1.54) is 28.7 Å². The molecule has 2 N–H and O–H groups in total. The van der Waals surface area contributed by atoms with Crippen LogP contribution in [0.2, 0.25) is 0 Å². The Morgan fingerprint density at radius 1 is 1.58 bits per heavy atom. The SMILES string of the molecule is CC1SCC(C(=O)O)N1C(=O)NCCC1=CCCC1. The normalized spacial score (nSPS) is 26.4. The quantitative estimate of drug-likeness (QED) is 0.775. The number of thioether (sulfide) groups is 1. The molecule has 5 nitrogen and oxygen atoms in total. The van der Waals surface area contributed by atoms with E-state index in [4.69, 9.17) is 5.11 Å². The van der Waals surface area contributed by atoms with Crippen LogP contribution in [0, 0.1) is 0 Å². The molecule has 0 aromatic heterocycles. The fourth-order valence-corrected chi connectivity index (χ4v) is 3.69. The molecule has 0 aromatic carbocycles. The van der Waals surface area contributed by atoms with Gasteiger partial charge in [-0.25, -0.2) is 9.59 Å². The van der Waals surface area contributed by atoms with Crippen molar-refractivity contribution in [3.63, 3.8) is 0 Å². The van der Waals surface area contributed by atoms with Crippen LogP contribution in [-0.2, 0) is 4.79 Å². The molecule has 2 unspecified atom stereocenters. The van der Waals surface area contributed by atoms with Gasteiger partial charge in [-0.05, 0) is 32.6 Å². The number of nitrogens with zero attached hydrogens (tertiary/aromatic N) is 1. The fourth-order valence-electron chi connectivity index (χ4n) is 2.53. The maximum absolute atomic E-state index is 12.1. The molecule has 2 amide bonds. The molecule has 1 aliphatic carbocycles. The van der Waals surface area contributed by atoms with E-state index in [1.54, 1.807) is 0 Å². The van der Waals surface area contributed by atoms with Gasteiger partial charge in [-0.3, -0.25) is 4.90 Å². The minimum atomic E-state index is -0.925. The predicted octanol–water partition coefficient (Wildman–Crippen LogP) is 2.04. The average molecular weight is 284 g/mol. The smallest absolute Gasteiger partial charge is 0.327 e. The molecule has 2 rings (SSSR count). The molecule has 2 aliphatic rings. The lowest BCUT2D eigenvalue weighted by Gasteiger charge is -2.25. The van der Waals surface area contributed by atoms with E-state index < -0.39 is 12.0 Å². The van der Waals surface area contributed by atoms with Gasteiger partial charge in [-0.15, -0.1) is 11.8 Å². The van der Waals surface area contributed by atoms with Crippen molar-refractivity contribution in [2.75, 3.05) is 12.3 Å². The minimum absolute atomic E-state index is 0.0770. The number of urea groups is 1. The number of carboxylic acid groups (broad SMARTS) is 1. The summed E-state index contributed by atoms with van der Waals surface area (Å²) in [5.74, 6) is -0.458. The van der Waals surface area contributed by atoms with Crippen LogP contribution >= 0.6 is 11.8 Å². The molecular formula is C13H20N2O3S. The Labute approximate surface area is 117 Å². The lowest BCUT2D eigenvalue weighted by atomic mass is 10.2. The van der Waals surface area contributed by atoms with E-state index in [0.29, 0.717) is 12.3 Å². The number of hydrogen-bond donors (Lipinski definition) is 2. The molecule has 19 heavy (non-hydrogen) atoms. The summed E-state index contributed by atoms with van der Waals surface area (Å²) in [6.45, 7) is 2.46. The van der Waals surface area contributed by atoms with Crippen LogP contribution in [0.3, 0.4) is 0 Å². The molecular weight excluding hydrogens is 264 g/mol. The second-order valence-corrected chi connectivity index (χ2v) is 6.28. The third-order valence-electron chi connectivity index (χ3n) is 3.60. The first-order chi connectivity index (χ1) is 9.09. The summed E-state index contributed by atoms with van der Waals surface area (Å²) < 4.78 is 0. The first-order valence-corrected chi connectivity index (χ1v) is 7.73. The molecule has 1 fully saturated rings. The molecule has 0 spiro atoms. The maximum atomic E-state index is 12.1. The van der Waals surface area contributed by atoms with Gasteiger partial charge in [-0.1, -0.05) is 11.6 Å². The second-order valence-electron chi connectivity index (χ2n) is 4.93. The van der Waals surface area contributed by atoms with E-state index in [2.05, 4.69) is 11.4 Å². The summed E-state index contributed by atoms with van der Waals surface area (Å²) in [5, 5.41) is 11.9. The van der Waals surface area contributed by atoms with Crippen LogP contribution in [-0.4, -0.2) is 45.7 Å². The van der Waals surface area contributed by atoms with Crippen LogP contribution in [0.5, 0.6) is 0 Å². The van der Waals surface area contributed by atoms with Gasteiger partial charge in [0.15, 0.2) is 0 Å². The first kappa shape index (κ1) is 14.2. The lowest BCUT2D eigenvalue weighted by Crippen LogP contribution is -2.49. The van der Waals surface area contributed by atoms with E-state index >= 15 is 0 Å². The molecule has 106 valence electrons. The topological polar surface area (TPSA) is 69.6 Å². The lowest BCUT2D eigenvalue weighted by molar-refractivity contribution is -0.141. The number of allylic oxidation sites excluding steroid dienone is 1. The van der Waals surface area contributed by atoms with Crippen molar-refractivity contribution in [3.05, 3.63) is 11.6 Å². The third kappa shape index (κ3) is 3.43. The Morgan fingerprint density at radius 2 is 2.37 bits per heavy atom. The number of carbonyl (C=O) groups excluding carboxylic acids is 1. The van der Waals surface area contributed by atoms with Gasteiger partial charge in [0.1, 0.15) is 6.04 Å². The summed E-state index contributed by atoms with van der Waals surface area (Å²) >= 11 is 1.50. The summed E-state index contributed by atoms with van der Waals surface area (Å²) in [7, 11) is 0. The Morgan fingerprint density at radius 3 is 3.00 bits per heavy atom. The number of nitrogens with one attached hydrogen (secondary N) is 1. The van der Waals surface area contributed by atoms with E-state index in [0.717, 1.165) is 19.3 Å². The molecule has 2 atom stereocenters. The largest absolute Gasteiger partial charge is 0.480 e. The second kappa shape index (κ2) is 6.32. The molecule has 1 heterocycles. The fraction of sp³-hybridized carbons (Fsp3) is 0.692. The number of aliphatic carboxylic acids is 1. The minimum Gasteiger partial charge on any atom is -0.480 e. The number of carboxylic acids is 1. The van der Waals surface area contributed by atoms with Crippen LogP contribution in [0.1, 0.15) is 32.6 Å². The van der Waals surface area contributed by atoms with Crippen molar-refractivity contribution in [2.24, 2.45) is 0 Å². The highest BCUT2D eigenvalue weighted by Crippen LogP contribution is 2.28. The molecule has 0 bridgehead atoms. The van der Waals surface area contributed by atoms with Crippen molar-refractivity contribution in [1.29, 1.82) is 0 Å². The van der Waals surface area contributed by atoms with Crippen LogP contribution < -0.4 is 5.32 Å². The van der Waals surface area contributed by atoms with Gasteiger partial charge in [0.2, 0.25) is 0 Å². The summed E-state index contributed by atoms with van der Waals surface area (Å²) in [5.41, 5.74) is 1.40. The van der Waals surface area contributed by atoms with Gasteiger partial charge in [0.25, 0.3) is 0 Å².